The molecule has 0 bridgehead atoms. The minimum atomic E-state index is -3.90. The van der Waals surface area contributed by atoms with Crippen molar-refractivity contribution >= 4 is 27.0 Å². The molecule has 1 heterocycles. The number of amides is 1. The number of hydrogen-bond acceptors (Lipinski definition) is 6. The number of carbonyl (C=O) groups excluding carboxylic acids is 1. The molecule has 0 aliphatic heterocycles. The molecule has 2 rings (SSSR count). The van der Waals surface area contributed by atoms with E-state index in [4.69, 9.17) is 0 Å². The molecule has 9 heteroatoms. The monoisotopic (exact) mass is 256 g/mol. The van der Waals surface area contributed by atoms with E-state index in [9.17, 15) is 13.2 Å². The molecular formula is C8H8N4O4S. The van der Waals surface area contributed by atoms with Gasteiger partial charge in [0, 0.05) is 6.92 Å². The standard InChI is InChI=1S/C8H8N4O4S/c1-5(13)9-12-17(14,15)7-4-2-3-6-8(7)11-16-10-6/h2-4,12H,1H3,(H,9,13). The SMILES string of the molecule is CC(=O)NNS(=O)(=O)c1cccc2nonc12. The molecule has 1 aromatic heterocycles. The molecule has 2 N–H and O–H groups in total. The van der Waals surface area contributed by atoms with Gasteiger partial charge in [-0.05, 0) is 22.4 Å². The largest absolute Gasteiger partial charge is 0.278 e. The lowest BCUT2D eigenvalue weighted by Crippen LogP contribution is -2.40. The predicted octanol–water partition coefficient (Wildman–Crippen LogP) is -0.448. The Morgan fingerprint density at radius 2 is 2.12 bits per heavy atom. The van der Waals surface area contributed by atoms with Crippen molar-refractivity contribution in [2.24, 2.45) is 0 Å². The lowest BCUT2D eigenvalue weighted by Gasteiger charge is -2.05. The van der Waals surface area contributed by atoms with Crippen LogP contribution in [0, 0.1) is 0 Å². The molecule has 1 amide bonds. The number of sulfonamides is 1. The molecule has 1 aromatic carbocycles. The lowest BCUT2D eigenvalue weighted by molar-refractivity contribution is -0.119. The molecular weight excluding hydrogens is 248 g/mol. The average Bonchev–Trinajstić information content (AvgIpc) is 2.74. The number of aromatic nitrogens is 2. The normalized spacial score (nSPS) is 11.6. The maximum absolute atomic E-state index is 11.8. The average molecular weight is 256 g/mol. The lowest BCUT2D eigenvalue weighted by atomic mass is 10.3. The van der Waals surface area contributed by atoms with Crippen molar-refractivity contribution in [2.45, 2.75) is 11.8 Å². The summed E-state index contributed by atoms with van der Waals surface area (Å²) >= 11 is 0. The number of nitrogens with zero attached hydrogens (tertiary/aromatic N) is 2. The van der Waals surface area contributed by atoms with Crippen LogP contribution in [0.4, 0.5) is 0 Å². The van der Waals surface area contributed by atoms with E-state index in [1.807, 2.05) is 10.3 Å². The topological polar surface area (TPSA) is 114 Å². The van der Waals surface area contributed by atoms with E-state index in [1.54, 1.807) is 6.07 Å². The van der Waals surface area contributed by atoms with Crippen molar-refractivity contribution in [3.63, 3.8) is 0 Å². The Hall–Kier alpha value is -2.00. The molecule has 0 unspecified atom stereocenters. The van der Waals surface area contributed by atoms with Gasteiger partial charge in [-0.2, -0.15) is 0 Å². The third-order valence-corrected chi connectivity index (χ3v) is 3.18. The van der Waals surface area contributed by atoms with E-state index in [0.717, 1.165) is 0 Å². The first kappa shape index (κ1) is 11.5. The third kappa shape index (κ3) is 2.24. The summed E-state index contributed by atoms with van der Waals surface area (Å²) in [5, 5.41) is 7.02. The molecule has 8 nitrogen and oxygen atoms in total. The maximum Gasteiger partial charge on any atom is 0.259 e. The fraction of sp³-hybridized carbons (Fsp3) is 0.125. The molecule has 0 aliphatic rings. The van der Waals surface area contributed by atoms with Gasteiger partial charge in [0.25, 0.3) is 10.0 Å². The molecule has 2 aromatic rings. The van der Waals surface area contributed by atoms with Crippen molar-refractivity contribution in [1.82, 2.24) is 20.6 Å². The molecule has 0 radical (unpaired) electrons. The van der Waals surface area contributed by atoms with Crippen LogP contribution in [0.3, 0.4) is 0 Å². The van der Waals surface area contributed by atoms with Gasteiger partial charge < -0.3 is 0 Å². The van der Waals surface area contributed by atoms with Gasteiger partial charge in [-0.15, -0.1) is 4.83 Å². The summed E-state index contributed by atoms with van der Waals surface area (Å²) in [5.41, 5.74) is 2.40. The van der Waals surface area contributed by atoms with Crippen LogP contribution in [0.2, 0.25) is 0 Å². The van der Waals surface area contributed by atoms with E-state index >= 15 is 0 Å². The Morgan fingerprint density at radius 3 is 2.82 bits per heavy atom. The van der Waals surface area contributed by atoms with E-state index in [0.29, 0.717) is 5.52 Å². The summed E-state index contributed by atoms with van der Waals surface area (Å²) < 4.78 is 28.1. The van der Waals surface area contributed by atoms with Gasteiger partial charge in [0.1, 0.15) is 10.4 Å². The Labute approximate surface area is 96.0 Å². The number of hydrogen-bond donors (Lipinski definition) is 2. The van der Waals surface area contributed by atoms with Crippen LogP contribution < -0.4 is 10.3 Å². The Kier molecular flexibility index (Phi) is 2.77. The van der Waals surface area contributed by atoms with Gasteiger partial charge in [0.05, 0.1) is 0 Å². The molecule has 0 spiro atoms. The van der Waals surface area contributed by atoms with E-state index in [1.165, 1.54) is 19.1 Å². The number of fused-ring (bicyclic) bond motifs is 1. The smallest absolute Gasteiger partial charge is 0.259 e. The van der Waals surface area contributed by atoms with Crippen molar-refractivity contribution < 1.29 is 17.8 Å². The summed E-state index contributed by atoms with van der Waals surface area (Å²) in [7, 11) is -3.90. The first-order valence-electron chi connectivity index (χ1n) is 4.50. The Bertz CT molecular complexity index is 663. The van der Waals surface area contributed by atoms with E-state index in [-0.39, 0.29) is 10.4 Å². The Balaban J connectivity index is 2.45. The predicted molar refractivity (Wildman–Crippen MR) is 55.9 cm³/mol. The highest BCUT2D eigenvalue weighted by molar-refractivity contribution is 7.89. The number of nitrogens with one attached hydrogen (secondary N) is 2. The maximum atomic E-state index is 11.8. The zero-order valence-corrected chi connectivity index (χ0v) is 9.48. The van der Waals surface area contributed by atoms with Crippen LogP contribution in [0.1, 0.15) is 6.92 Å². The zero-order valence-electron chi connectivity index (χ0n) is 8.67. The van der Waals surface area contributed by atoms with Crippen molar-refractivity contribution in [3.8, 4) is 0 Å². The molecule has 90 valence electrons. The van der Waals surface area contributed by atoms with Gasteiger partial charge >= 0.3 is 0 Å². The highest BCUT2D eigenvalue weighted by atomic mass is 32.2. The second-order valence-corrected chi connectivity index (χ2v) is 4.83. The summed E-state index contributed by atoms with van der Waals surface area (Å²) in [6.45, 7) is 1.18. The van der Waals surface area contributed by atoms with Crippen molar-refractivity contribution in [3.05, 3.63) is 18.2 Å². The minimum absolute atomic E-state index is 0.102. The van der Waals surface area contributed by atoms with Crippen LogP contribution in [-0.2, 0) is 14.8 Å². The highest BCUT2D eigenvalue weighted by Crippen LogP contribution is 2.18. The second-order valence-electron chi connectivity index (χ2n) is 3.17. The molecule has 0 fully saturated rings. The molecule has 17 heavy (non-hydrogen) atoms. The highest BCUT2D eigenvalue weighted by Gasteiger charge is 2.20. The third-order valence-electron chi connectivity index (χ3n) is 1.90. The van der Waals surface area contributed by atoms with Crippen LogP contribution in [0.15, 0.2) is 27.7 Å². The van der Waals surface area contributed by atoms with Crippen LogP contribution in [-0.4, -0.2) is 24.6 Å². The van der Waals surface area contributed by atoms with Crippen LogP contribution in [0.25, 0.3) is 11.0 Å². The van der Waals surface area contributed by atoms with Gasteiger partial charge in [-0.3, -0.25) is 10.2 Å². The fourth-order valence-corrected chi connectivity index (χ4v) is 2.23. The number of benzene rings is 1. The van der Waals surface area contributed by atoms with Crippen molar-refractivity contribution in [2.75, 3.05) is 0 Å². The van der Waals surface area contributed by atoms with Gasteiger partial charge in [0.15, 0.2) is 5.52 Å². The fourth-order valence-electron chi connectivity index (χ4n) is 1.19. The first-order chi connectivity index (χ1) is 8.00. The second kappa shape index (κ2) is 4.11. The molecule has 0 saturated heterocycles. The molecule has 0 saturated carbocycles. The summed E-state index contributed by atoms with van der Waals surface area (Å²) in [6.07, 6.45) is 0. The van der Waals surface area contributed by atoms with Gasteiger partial charge in [0.2, 0.25) is 5.91 Å². The van der Waals surface area contributed by atoms with Gasteiger partial charge in [-0.25, -0.2) is 13.0 Å². The van der Waals surface area contributed by atoms with Crippen LogP contribution >= 0.6 is 0 Å². The minimum Gasteiger partial charge on any atom is -0.278 e. The summed E-state index contributed by atoms with van der Waals surface area (Å²) in [5.74, 6) is -0.529. The zero-order chi connectivity index (χ0) is 12.5. The van der Waals surface area contributed by atoms with E-state index in [2.05, 4.69) is 14.9 Å². The molecule has 0 atom stereocenters. The van der Waals surface area contributed by atoms with Crippen molar-refractivity contribution in [1.29, 1.82) is 0 Å². The molecule has 0 aliphatic carbocycles. The van der Waals surface area contributed by atoms with Gasteiger partial charge in [-0.1, -0.05) is 6.07 Å². The summed E-state index contributed by atoms with van der Waals surface area (Å²) in [6, 6.07) is 4.38. The van der Waals surface area contributed by atoms with Crippen LogP contribution in [0.5, 0.6) is 0 Å². The number of rotatable bonds is 3. The number of hydrazine groups is 1. The quantitative estimate of drug-likeness (QED) is 0.719. The first-order valence-corrected chi connectivity index (χ1v) is 5.99. The Morgan fingerprint density at radius 1 is 1.35 bits per heavy atom. The number of carbonyl (C=O) groups is 1. The summed E-state index contributed by atoms with van der Waals surface area (Å²) in [4.78, 5) is 12.5. The van der Waals surface area contributed by atoms with E-state index < -0.39 is 15.9 Å².